The van der Waals surface area contributed by atoms with E-state index in [0.717, 1.165) is 0 Å². The van der Waals surface area contributed by atoms with Crippen LogP contribution in [0.15, 0.2) is 0 Å². The molecule has 0 aliphatic heterocycles. The number of carbonyl (C=O) groups excluding carboxylic acids is 1. The first-order valence-corrected chi connectivity index (χ1v) is 5.54. The summed E-state index contributed by atoms with van der Waals surface area (Å²) in [5.74, 6) is -12.6. The van der Waals surface area contributed by atoms with Gasteiger partial charge in [-0.25, -0.2) is 22.0 Å². The van der Waals surface area contributed by atoms with Gasteiger partial charge in [0.25, 0.3) is 5.91 Å². The second-order valence-electron chi connectivity index (χ2n) is 3.89. The fraction of sp³-hybridized carbons (Fsp3) is 0.333. The Morgan fingerprint density at radius 3 is 1.95 bits per heavy atom. The minimum absolute atomic E-state index is 0.155. The minimum Gasteiger partial charge on any atom is -0.348 e. The first-order valence-electron chi connectivity index (χ1n) is 5.54. The molecule has 0 aliphatic carbocycles. The van der Waals surface area contributed by atoms with Crippen molar-refractivity contribution in [2.45, 2.75) is 25.8 Å². The summed E-state index contributed by atoms with van der Waals surface area (Å²) in [6.45, 7) is 1.58. The molecule has 1 aromatic rings. The highest BCUT2D eigenvalue weighted by molar-refractivity contribution is 5.95. The molecule has 1 aromatic carbocycles. The van der Waals surface area contributed by atoms with E-state index in [1.807, 2.05) is 5.32 Å². The largest absolute Gasteiger partial charge is 0.348 e. The third-order valence-corrected chi connectivity index (χ3v) is 2.60. The molecule has 8 heteroatoms. The van der Waals surface area contributed by atoms with Crippen LogP contribution in [0.3, 0.4) is 0 Å². The van der Waals surface area contributed by atoms with Crippen molar-refractivity contribution in [3.8, 4) is 6.07 Å². The van der Waals surface area contributed by atoms with Crippen LogP contribution in [0, 0.1) is 40.4 Å². The van der Waals surface area contributed by atoms with E-state index < -0.39 is 46.6 Å². The summed E-state index contributed by atoms with van der Waals surface area (Å²) in [5, 5.41) is 10.5. The van der Waals surface area contributed by atoms with Crippen LogP contribution in [0.4, 0.5) is 22.0 Å². The van der Waals surface area contributed by atoms with E-state index in [0.29, 0.717) is 0 Å². The SMILES string of the molecule is CCC(CC#N)NC(=O)c1c(F)c(F)c(F)c(F)c1F. The number of carbonyl (C=O) groups is 1. The summed E-state index contributed by atoms with van der Waals surface area (Å²) in [6.07, 6.45) is 0.104. The molecular formula is C12H9F5N2O. The highest BCUT2D eigenvalue weighted by Gasteiger charge is 2.30. The topological polar surface area (TPSA) is 52.9 Å². The van der Waals surface area contributed by atoms with E-state index in [2.05, 4.69) is 0 Å². The van der Waals surface area contributed by atoms with Crippen molar-refractivity contribution < 1.29 is 26.7 Å². The number of hydrogen-bond donors (Lipinski definition) is 1. The van der Waals surface area contributed by atoms with Gasteiger partial charge in [-0.15, -0.1) is 0 Å². The maximum Gasteiger partial charge on any atom is 0.257 e. The summed E-state index contributed by atoms with van der Waals surface area (Å²) >= 11 is 0. The molecule has 0 heterocycles. The lowest BCUT2D eigenvalue weighted by molar-refractivity contribution is 0.0924. The van der Waals surface area contributed by atoms with Gasteiger partial charge in [-0.1, -0.05) is 6.92 Å². The summed E-state index contributed by atoms with van der Waals surface area (Å²) in [5.41, 5.74) is -1.56. The van der Waals surface area contributed by atoms with Gasteiger partial charge in [0.15, 0.2) is 23.3 Å². The fourth-order valence-electron chi connectivity index (χ4n) is 1.47. The maximum absolute atomic E-state index is 13.3. The predicted molar refractivity (Wildman–Crippen MR) is 58.0 cm³/mol. The van der Waals surface area contributed by atoms with Gasteiger partial charge >= 0.3 is 0 Å². The van der Waals surface area contributed by atoms with Crippen LogP contribution in [-0.2, 0) is 0 Å². The van der Waals surface area contributed by atoms with Crippen LogP contribution in [0.5, 0.6) is 0 Å². The van der Waals surface area contributed by atoms with Crippen molar-refractivity contribution in [3.05, 3.63) is 34.6 Å². The monoisotopic (exact) mass is 292 g/mol. The summed E-state index contributed by atoms with van der Waals surface area (Å²) < 4.78 is 65.4. The molecule has 0 fully saturated rings. The fourth-order valence-corrected chi connectivity index (χ4v) is 1.47. The lowest BCUT2D eigenvalue weighted by Crippen LogP contribution is -2.35. The molecule has 1 unspecified atom stereocenters. The van der Waals surface area contributed by atoms with Gasteiger partial charge in [-0.05, 0) is 6.42 Å². The zero-order valence-corrected chi connectivity index (χ0v) is 10.2. The van der Waals surface area contributed by atoms with Gasteiger partial charge in [0, 0.05) is 6.04 Å². The van der Waals surface area contributed by atoms with Crippen LogP contribution in [0.1, 0.15) is 30.1 Å². The van der Waals surface area contributed by atoms with E-state index in [1.165, 1.54) is 0 Å². The zero-order valence-electron chi connectivity index (χ0n) is 10.2. The molecule has 0 radical (unpaired) electrons. The molecule has 20 heavy (non-hydrogen) atoms. The average Bonchev–Trinajstić information content (AvgIpc) is 2.42. The smallest absolute Gasteiger partial charge is 0.257 e. The Bertz CT molecular complexity index is 553. The summed E-state index contributed by atoms with van der Waals surface area (Å²) in [7, 11) is 0. The van der Waals surface area contributed by atoms with Crippen LogP contribution >= 0.6 is 0 Å². The number of nitriles is 1. The van der Waals surface area contributed by atoms with E-state index in [-0.39, 0.29) is 12.8 Å². The number of amides is 1. The molecule has 1 amide bonds. The lowest BCUT2D eigenvalue weighted by Gasteiger charge is -2.14. The number of nitrogens with zero attached hydrogens (tertiary/aromatic N) is 1. The predicted octanol–water partition coefficient (Wildman–Crippen LogP) is 2.80. The van der Waals surface area contributed by atoms with Gasteiger partial charge in [0.05, 0.1) is 12.5 Å². The third-order valence-electron chi connectivity index (χ3n) is 2.60. The summed E-state index contributed by atoms with van der Waals surface area (Å²) in [4.78, 5) is 11.6. The molecule has 1 rings (SSSR count). The number of halogens is 5. The van der Waals surface area contributed by atoms with E-state index in [9.17, 15) is 26.7 Å². The highest BCUT2D eigenvalue weighted by Crippen LogP contribution is 2.23. The van der Waals surface area contributed by atoms with E-state index >= 15 is 0 Å². The van der Waals surface area contributed by atoms with Gasteiger partial charge in [0.1, 0.15) is 5.56 Å². The Hall–Kier alpha value is -2.17. The van der Waals surface area contributed by atoms with Crippen molar-refractivity contribution in [2.75, 3.05) is 0 Å². The first-order chi connectivity index (χ1) is 9.34. The Balaban J connectivity index is 3.21. The minimum atomic E-state index is -2.33. The third kappa shape index (κ3) is 2.87. The first kappa shape index (κ1) is 15.9. The van der Waals surface area contributed by atoms with Crippen LogP contribution < -0.4 is 5.32 Å². The van der Waals surface area contributed by atoms with Crippen molar-refractivity contribution in [1.82, 2.24) is 5.32 Å². The Kier molecular flexibility index (Phi) is 5.02. The van der Waals surface area contributed by atoms with Crippen molar-refractivity contribution in [1.29, 1.82) is 5.26 Å². The Morgan fingerprint density at radius 2 is 1.55 bits per heavy atom. The van der Waals surface area contributed by atoms with E-state index in [1.54, 1.807) is 13.0 Å². The van der Waals surface area contributed by atoms with Gasteiger partial charge in [0.2, 0.25) is 5.82 Å². The number of benzene rings is 1. The Labute approximate surface area is 111 Å². The van der Waals surface area contributed by atoms with Crippen molar-refractivity contribution >= 4 is 5.91 Å². The van der Waals surface area contributed by atoms with E-state index in [4.69, 9.17) is 5.26 Å². The number of rotatable bonds is 4. The molecule has 0 saturated carbocycles. The molecule has 3 nitrogen and oxygen atoms in total. The molecule has 0 aliphatic rings. The number of hydrogen-bond acceptors (Lipinski definition) is 2. The normalized spacial score (nSPS) is 11.8. The molecule has 1 N–H and O–H groups in total. The van der Waals surface area contributed by atoms with Gasteiger partial charge in [-0.3, -0.25) is 4.79 Å². The second kappa shape index (κ2) is 6.32. The Morgan fingerprint density at radius 1 is 1.10 bits per heavy atom. The maximum atomic E-state index is 13.3. The van der Waals surface area contributed by atoms with Gasteiger partial charge in [-0.2, -0.15) is 5.26 Å². The van der Waals surface area contributed by atoms with Crippen LogP contribution in [0.2, 0.25) is 0 Å². The van der Waals surface area contributed by atoms with Crippen molar-refractivity contribution in [3.63, 3.8) is 0 Å². The molecular weight excluding hydrogens is 283 g/mol. The molecule has 0 aromatic heterocycles. The molecule has 0 bridgehead atoms. The summed E-state index contributed by atoms with van der Waals surface area (Å²) in [6, 6.07) is 0.979. The average molecular weight is 292 g/mol. The molecule has 0 spiro atoms. The standard InChI is InChI=1S/C12H9F5N2O/c1-2-5(3-4-18)19-12(20)6-7(13)9(15)11(17)10(16)8(6)14/h5H,2-3H2,1H3,(H,19,20). The molecule has 0 saturated heterocycles. The van der Waals surface area contributed by atoms with Gasteiger partial charge < -0.3 is 5.32 Å². The number of nitrogens with one attached hydrogen (secondary N) is 1. The zero-order chi connectivity index (χ0) is 15.4. The quantitative estimate of drug-likeness (QED) is 0.527. The van der Waals surface area contributed by atoms with Crippen LogP contribution in [-0.4, -0.2) is 11.9 Å². The second-order valence-corrected chi connectivity index (χ2v) is 3.89. The van der Waals surface area contributed by atoms with Crippen LogP contribution in [0.25, 0.3) is 0 Å². The lowest BCUT2D eigenvalue weighted by atomic mass is 10.1. The van der Waals surface area contributed by atoms with Crippen molar-refractivity contribution in [2.24, 2.45) is 0 Å². The molecule has 1 atom stereocenters. The highest BCUT2D eigenvalue weighted by atomic mass is 19.2. The molecule has 108 valence electrons.